The van der Waals surface area contributed by atoms with Gasteiger partial charge in [0.15, 0.2) is 0 Å². The van der Waals surface area contributed by atoms with E-state index in [1.807, 2.05) is 0 Å². The summed E-state index contributed by atoms with van der Waals surface area (Å²) in [6, 6.07) is 0. The van der Waals surface area contributed by atoms with Crippen molar-refractivity contribution in [1.29, 1.82) is 0 Å². The third kappa shape index (κ3) is 1.84. The van der Waals surface area contributed by atoms with Gasteiger partial charge in [-0.05, 0) is 44.1 Å². The summed E-state index contributed by atoms with van der Waals surface area (Å²) in [5, 5.41) is 3.91. The molecule has 1 N–H and O–H groups in total. The molecule has 2 unspecified atom stereocenters. The van der Waals surface area contributed by atoms with Crippen molar-refractivity contribution in [3.05, 3.63) is 0 Å². The molecule has 2 atom stereocenters. The Hall–Kier alpha value is -0.0400. The molecule has 82 valence electrons. The summed E-state index contributed by atoms with van der Waals surface area (Å²) in [4.78, 5) is 0. The van der Waals surface area contributed by atoms with E-state index in [1.54, 1.807) is 0 Å². The molecule has 0 aromatic heterocycles. The highest BCUT2D eigenvalue weighted by Crippen LogP contribution is 2.47. The minimum Gasteiger partial charge on any atom is -0.311 e. The van der Waals surface area contributed by atoms with E-state index < -0.39 is 0 Å². The molecule has 1 heteroatoms. The summed E-state index contributed by atoms with van der Waals surface area (Å²) < 4.78 is 0. The van der Waals surface area contributed by atoms with Gasteiger partial charge in [-0.2, -0.15) is 0 Å². The van der Waals surface area contributed by atoms with E-state index in [0.717, 1.165) is 11.8 Å². The Morgan fingerprint density at radius 2 is 2.07 bits per heavy atom. The Bertz CT molecular complexity index is 176. The van der Waals surface area contributed by atoms with Gasteiger partial charge < -0.3 is 5.32 Å². The molecule has 1 saturated heterocycles. The van der Waals surface area contributed by atoms with Crippen LogP contribution in [0.25, 0.3) is 0 Å². The zero-order valence-electron chi connectivity index (χ0n) is 9.81. The molecule has 14 heavy (non-hydrogen) atoms. The van der Waals surface area contributed by atoms with Gasteiger partial charge in [0.05, 0.1) is 0 Å². The number of hydrogen-bond acceptors (Lipinski definition) is 1. The molecule has 2 rings (SSSR count). The third-order valence-corrected chi connectivity index (χ3v) is 4.52. The standard InChI is InChI=1S/C13H25N/c1-3-11(2)13(12-7-8-12)9-5-4-6-10-14-13/h11-12,14H,3-10H2,1-2H3. The zero-order chi connectivity index (χ0) is 10.0. The fourth-order valence-corrected chi connectivity index (χ4v) is 3.26. The summed E-state index contributed by atoms with van der Waals surface area (Å²) >= 11 is 0. The lowest BCUT2D eigenvalue weighted by atomic mass is 9.76. The van der Waals surface area contributed by atoms with E-state index in [-0.39, 0.29) is 0 Å². The van der Waals surface area contributed by atoms with Crippen molar-refractivity contribution >= 4 is 0 Å². The molecule has 0 bridgehead atoms. The van der Waals surface area contributed by atoms with Crippen molar-refractivity contribution in [1.82, 2.24) is 5.32 Å². The molecular weight excluding hydrogens is 170 g/mol. The molecule has 0 aromatic carbocycles. The Morgan fingerprint density at radius 3 is 2.71 bits per heavy atom. The van der Waals surface area contributed by atoms with Crippen LogP contribution in [0.2, 0.25) is 0 Å². The lowest BCUT2D eigenvalue weighted by molar-refractivity contribution is 0.176. The SMILES string of the molecule is CCC(C)C1(C2CC2)CCCCCN1. The van der Waals surface area contributed by atoms with E-state index >= 15 is 0 Å². The van der Waals surface area contributed by atoms with Crippen LogP contribution in [-0.2, 0) is 0 Å². The van der Waals surface area contributed by atoms with Crippen LogP contribution >= 0.6 is 0 Å². The monoisotopic (exact) mass is 195 g/mol. The molecule has 1 heterocycles. The first-order valence-electron chi connectivity index (χ1n) is 6.54. The smallest absolute Gasteiger partial charge is 0.0235 e. The number of nitrogens with one attached hydrogen (secondary N) is 1. The van der Waals surface area contributed by atoms with Crippen LogP contribution in [0.1, 0.15) is 58.8 Å². The first-order valence-corrected chi connectivity index (χ1v) is 6.54. The summed E-state index contributed by atoms with van der Waals surface area (Å²) in [7, 11) is 0. The van der Waals surface area contributed by atoms with Gasteiger partial charge in [0, 0.05) is 5.54 Å². The van der Waals surface area contributed by atoms with Gasteiger partial charge in [0.25, 0.3) is 0 Å². The topological polar surface area (TPSA) is 12.0 Å². The van der Waals surface area contributed by atoms with Crippen LogP contribution < -0.4 is 5.32 Å². The minimum atomic E-state index is 0.533. The minimum absolute atomic E-state index is 0.533. The van der Waals surface area contributed by atoms with Gasteiger partial charge in [-0.25, -0.2) is 0 Å². The average molecular weight is 195 g/mol. The van der Waals surface area contributed by atoms with Crippen molar-refractivity contribution < 1.29 is 0 Å². The fraction of sp³-hybridized carbons (Fsp3) is 1.00. The highest BCUT2D eigenvalue weighted by molar-refractivity contribution is 5.04. The first-order chi connectivity index (χ1) is 6.79. The van der Waals surface area contributed by atoms with Crippen molar-refractivity contribution in [3.63, 3.8) is 0 Å². The highest BCUT2D eigenvalue weighted by atomic mass is 15.0. The van der Waals surface area contributed by atoms with Crippen LogP contribution in [0.3, 0.4) is 0 Å². The van der Waals surface area contributed by atoms with Crippen molar-refractivity contribution in [2.45, 2.75) is 64.3 Å². The van der Waals surface area contributed by atoms with Crippen LogP contribution in [0.4, 0.5) is 0 Å². The van der Waals surface area contributed by atoms with E-state index in [2.05, 4.69) is 19.2 Å². The second-order valence-electron chi connectivity index (χ2n) is 5.36. The second-order valence-corrected chi connectivity index (χ2v) is 5.36. The number of rotatable bonds is 3. The van der Waals surface area contributed by atoms with Gasteiger partial charge in [-0.15, -0.1) is 0 Å². The molecule has 1 aliphatic heterocycles. The van der Waals surface area contributed by atoms with E-state index in [4.69, 9.17) is 0 Å². The molecule has 0 radical (unpaired) electrons. The van der Waals surface area contributed by atoms with Crippen LogP contribution in [0, 0.1) is 11.8 Å². The summed E-state index contributed by atoms with van der Waals surface area (Å²) in [5.74, 6) is 1.88. The molecule has 2 aliphatic rings. The van der Waals surface area contributed by atoms with E-state index in [0.29, 0.717) is 5.54 Å². The maximum Gasteiger partial charge on any atom is 0.0235 e. The van der Waals surface area contributed by atoms with Gasteiger partial charge in [-0.3, -0.25) is 0 Å². The van der Waals surface area contributed by atoms with E-state index in [1.165, 1.54) is 51.5 Å². The van der Waals surface area contributed by atoms with Crippen molar-refractivity contribution in [2.75, 3.05) is 6.54 Å². The lowest BCUT2D eigenvalue weighted by Gasteiger charge is -2.40. The predicted octanol–water partition coefficient (Wildman–Crippen LogP) is 3.34. The molecule has 1 saturated carbocycles. The Labute approximate surface area is 88.7 Å². The molecule has 0 amide bonds. The summed E-state index contributed by atoms with van der Waals surface area (Å²) in [5.41, 5.74) is 0.533. The van der Waals surface area contributed by atoms with Gasteiger partial charge >= 0.3 is 0 Å². The Morgan fingerprint density at radius 1 is 1.29 bits per heavy atom. The first kappa shape index (κ1) is 10.5. The lowest BCUT2D eigenvalue weighted by Crippen LogP contribution is -2.51. The highest BCUT2D eigenvalue weighted by Gasteiger charge is 2.47. The second kappa shape index (κ2) is 4.22. The summed E-state index contributed by atoms with van der Waals surface area (Å²) in [6.45, 7) is 6.07. The fourth-order valence-electron chi connectivity index (χ4n) is 3.26. The van der Waals surface area contributed by atoms with E-state index in [9.17, 15) is 0 Å². The maximum atomic E-state index is 3.91. The average Bonchev–Trinajstić information content (AvgIpc) is 3.02. The van der Waals surface area contributed by atoms with Crippen LogP contribution in [0.5, 0.6) is 0 Å². The Balaban J connectivity index is 2.10. The Kier molecular flexibility index (Phi) is 3.16. The van der Waals surface area contributed by atoms with Gasteiger partial charge in [0.2, 0.25) is 0 Å². The van der Waals surface area contributed by atoms with Gasteiger partial charge in [0.1, 0.15) is 0 Å². The van der Waals surface area contributed by atoms with Crippen LogP contribution in [0.15, 0.2) is 0 Å². The quantitative estimate of drug-likeness (QED) is 0.728. The third-order valence-electron chi connectivity index (χ3n) is 4.52. The molecule has 1 aliphatic carbocycles. The molecule has 0 aromatic rings. The van der Waals surface area contributed by atoms with Crippen molar-refractivity contribution in [3.8, 4) is 0 Å². The number of hydrogen-bond donors (Lipinski definition) is 1. The largest absolute Gasteiger partial charge is 0.311 e. The molecular formula is C13H25N. The molecule has 2 fully saturated rings. The predicted molar refractivity (Wildman–Crippen MR) is 61.4 cm³/mol. The summed E-state index contributed by atoms with van der Waals surface area (Å²) in [6.07, 6.45) is 10.0. The normalized spacial score (nSPS) is 36.4. The van der Waals surface area contributed by atoms with Crippen molar-refractivity contribution in [2.24, 2.45) is 11.8 Å². The van der Waals surface area contributed by atoms with Crippen LogP contribution in [-0.4, -0.2) is 12.1 Å². The maximum absolute atomic E-state index is 3.91. The molecule has 0 spiro atoms. The molecule has 1 nitrogen and oxygen atoms in total. The zero-order valence-corrected chi connectivity index (χ0v) is 9.81. The van der Waals surface area contributed by atoms with Gasteiger partial charge in [-0.1, -0.05) is 33.1 Å².